The van der Waals surface area contributed by atoms with Crippen LogP contribution in [0.15, 0.2) is 53.6 Å². The third-order valence-corrected chi connectivity index (χ3v) is 3.05. The Kier molecular flexibility index (Phi) is 5.64. The van der Waals surface area contributed by atoms with Crippen LogP contribution in [0.5, 0.6) is 0 Å². The fraction of sp³-hybridized carbons (Fsp3) is 0. The average Bonchev–Trinajstić information content (AvgIpc) is 2.55. The molecule has 0 aliphatic carbocycles. The van der Waals surface area contributed by atoms with Crippen molar-refractivity contribution in [1.29, 1.82) is 0 Å². The molecule has 2 rings (SSSR count). The van der Waals surface area contributed by atoms with Gasteiger partial charge in [0.05, 0.1) is 12.2 Å². The van der Waals surface area contributed by atoms with Gasteiger partial charge in [-0.15, -0.1) is 0 Å². The van der Waals surface area contributed by atoms with Crippen LogP contribution in [0.1, 0.15) is 15.9 Å². The first-order chi connectivity index (χ1) is 11.5. The SMILES string of the molecule is O=C(N/N=C\c1ccc(C(=O)[O-])cc1)C(=O)Nc1cccc(Cl)c1. The van der Waals surface area contributed by atoms with Gasteiger partial charge in [-0.25, -0.2) is 5.43 Å². The van der Waals surface area contributed by atoms with Crippen LogP contribution < -0.4 is 15.8 Å². The van der Waals surface area contributed by atoms with E-state index in [0.29, 0.717) is 16.3 Å². The molecule has 0 spiro atoms. The molecule has 0 fully saturated rings. The second kappa shape index (κ2) is 7.89. The molecule has 0 aromatic heterocycles. The third-order valence-electron chi connectivity index (χ3n) is 2.81. The Morgan fingerprint density at radius 2 is 1.75 bits per heavy atom. The first-order valence-electron chi connectivity index (χ1n) is 6.67. The summed E-state index contributed by atoms with van der Waals surface area (Å²) in [4.78, 5) is 33.9. The van der Waals surface area contributed by atoms with Gasteiger partial charge in [0.15, 0.2) is 0 Å². The predicted molar refractivity (Wildman–Crippen MR) is 86.6 cm³/mol. The number of halogens is 1. The summed E-state index contributed by atoms with van der Waals surface area (Å²) in [5.41, 5.74) is 3.00. The topological polar surface area (TPSA) is 111 Å². The predicted octanol–water partition coefficient (Wildman–Crippen LogP) is 0.792. The number of carbonyl (C=O) groups is 3. The van der Waals surface area contributed by atoms with Crippen molar-refractivity contribution in [3.63, 3.8) is 0 Å². The zero-order valence-electron chi connectivity index (χ0n) is 12.2. The normalized spacial score (nSPS) is 10.4. The fourth-order valence-electron chi connectivity index (χ4n) is 1.68. The third kappa shape index (κ3) is 4.92. The Balaban J connectivity index is 1.89. The second-order valence-electron chi connectivity index (χ2n) is 4.57. The fourth-order valence-corrected chi connectivity index (χ4v) is 1.87. The van der Waals surface area contributed by atoms with Crippen LogP contribution in [-0.4, -0.2) is 24.0 Å². The average molecular weight is 345 g/mol. The highest BCUT2D eigenvalue weighted by Gasteiger charge is 2.12. The zero-order chi connectivity index (χ0) is 17.5. The van der Waals surface area contributed by atoms with Crippen molar-refractivity contribution in [1.82, 2.24) is 5.43 Å². The number of benzene rings is 2. The largest absolute Gasteiger partial charge is 0.545 e. The molecule has 0 heterocycles. The molecule has 24 heavy (non-hydrogen) atoms. The molecule has 0 aliphatic rings. The van der Waals surface area contributed by atoms with E-state index in [2.05, 4.69) is 15.8 Å². The maximum Gasteiger partial charge on any atom is 0.329 e. The number of carboxylic acid groups (broad SMARTS) is 1. The minimum Gasteiger partial charge on any atom is -0.545 e. The summed E-state index contributed by atoms with van der Waals surface area (Å²) in [7, 11) is 0. The van der Waals surface area contributed by atoms with E-state index < -0.39 is 17.8 Å². The smallest absolute Gasteiger partial charge is 0.329 e. The van der Waals surface area contributed by atoms with Crippen molar-refractivity contribution in [3.8, 4) is 0 Å². The molecule has 2 amide bonds. The highest BCUT2D eigenvalue weighted by atomic mass is 35.5. The van der Waals surface area contributed by atoms with E-state index in [4.69, 9.17) is 11.6 Å². The molecule has 8 heteroatoms. The maximum absolute atomic E-state index is 11.7. The van der Waals surface area contributed by atoms with E-state index in [0.717, 1.165) is 0 Å². The van der Waals surface area contributed by atoms with E-state index in [-0.39, 0.29) is 5.56 Å². The number of rotatable bonds is 4. The van der Waals surface area contributed by atoms with Gasteiger partial charge in [0, 0.05) is 10.7 Å². The lowest BCUT2D eigenvalue weighted by Gasteiger charge is -2.04. The van der Waals surface area contributed by atoms with E-state index in [1.165, 1.54) is 36.5 Å². The van der Waals surface area contributed by atoms with Crippen LogP contribution in [0.25, 0.3) is 0 Å². The lowest BCUT2D eigenvalue weighted by atomic mass is 10.1. The highest BCUT2D eigenvalue weighted by Crippen LogP contribution is 2.14. The molecule has 2 aromatic rings. The van der Waals surface area contributed by atoms with Crippen LogP contribution in [-0.2, 0) is 9.59 Å². The van der Waals surface area contributed by atoms with Crippen molar-refractivity contribution in [2.45, 2.75) is 0 Å². The Hall–Kier alpha value is -3.19. The molecule has 0 aliphatic heterocycles. The molecule has 0 unspecified atom stereocenters. The first-order valence-corrected chi connectivity index (χ1v) is 7.05. The van der Waals surface area contributed by atoms with E-state index in [1.54, 1.807) is 18.2 Å². The Morgan fingerprint density at radius 3 is 2.38 bits per heavy atom. The number of hydrazone groups is 1. The number of hydrogen-bond donors (Lipinski definition) is 2. The summed E-state index contributed by atoms with van der Waals surface area (Å²) in [6.45, 7) is 0. The molecule has 122 valence electrons. The van der Waals surface area contributed by atoms with E-state index >= 15 is 0 Å². The number of amides is 2. The van der Waals surface area contributed by atoms with Crippen molar-refractivity contribution in [3.05, 3.63) is 64.7 Å². The van der Waals surface area contributed by atoms with Gasteiger partial charge in [-0.2, -0.15) is 5.10 Å². The van der Waals surface area contributed by atoms with Gasteiger partial charge in [0.1, 0.15) is 0 Å². The van der Waals surface area contributed by atoms with Crippen LogP contribution in [0.3, 0.4) is 0 Å². The Labute approximate surface area is 141 Å². The summed E-state index contributed by atoms with van der Waals surface area (Å²) >= 11 is 5.77. The van der Waals surface area contributed by atoms with Crippen molar-refractivity contribution >= 4 is 41.3 Å². The monoisotopic (exact) mass is 344 g/mol. The standard InChI is InChI=1S/C16H12ClN3O4/c17-12-2-1-3-13(8-12)19-14(21)15(22)20-18-9-10-4-6-11(7-5-10)16(23)24/h1-9H,(H,19,21)(H,20,22)(H,23,24)/p-1/b18-9-. The van der Waals surface area contributed by atoms with Gasteiger partial charge >= 0.3 is 11.8 Å². The Bertz CT molecular complexity index is 803. The summed E-state index contributed by atoms with van der Waals surface area (Å²) in [5, 5.41) is 17.0. The molecule has 0 bridgehead atoms. The number of hydrogen-bond acceptors (Lipinski definition) is 5. The maximum atomic E-state index is 11.7. The molecular formula is C16H11ClN3O4-. The molecule has 2 N–H and O–H groups in total. The minimum atomic E-state index is -1.29. The summed E-state index contributed by atoms with van der Waals surface area (Å²) in [6, 6.07) is 12.0. The van der Waals surface area contributed by atoms with Crippen molar-refractivity contribution in [2.24, 2.45) is 5.10 Å². The second-order valence-corrected chi connectivity index (χ2v) is 5.01. The summed E-state index contributed by atoms with van der Waals surface area (Å²) < 4.78 is 0. The number of anilines is 1. The number of nitrogens with one attached hydrogen (secondary N) is 2. The van der Waals surface area contributed by atoms with Gasteiger partial charge in [0.2, 0.25) is 0 Å². The van der Waals surface area contributed by atoms with Crippen LogP contribution in [0, 0.1) is 0 Å². The molecule has 0 saturated carbocycles. The van der Waals surface area contributed by atoms with Gasteiger partial charge in [-0.3, -0.25) is 9.59 Å². The lowest BCUT2D eigenvalue weighted by molar-refractivity contribution is -0.255. The van der Waals surface area contributed by atoms with Gasteiger partial charge in [-0.1, -0.05) is 41.9 Å². The molecule has 0 atom stereocenters. The number of carboxylic acids is 1. The van der Waals surface area contributed by atoms with Crippen LogP contribution in [0.4, 0.5) is 5.69 Å². The summed E-state index contributed by atoms with van der Waals surface area (Å²) in [6.07, 6.45) is 1.27. The first kappa shape index (κ1) is 17.2. The quantitative estimate of drug-likeness (QED) is 0.485. The molecule has 0 radical (unpaired) electrons. The van der Waals surface area contributed by atoms with Crippen LogP contribution >= 0.6 is 11.6 Å². The summed E-state index contributed by atoms with van der Waals surface area (Å²) in [5.74, 6) is -3.15. The molecule has 7 nitrogen and oxygen atoms in total. The van der Waals surface area contributed by atoms with E-state index in [9.17, 15) is 19.5 Å². The van der Waals surface area contributed by atoms with Crippen LogP contribution in [0.2, 0.25) is 5.02 Å². The molecular weight excluding hydrogens is 334 g/mol. The van der Waals surface area contributed by atoms with Gasteiger partial charge in [-0.05, 0) is 29.3 Å². The molecule has 2 aromatic carbocycles. The number of carbonyl (C=O) groups excluding carboxylic acids is 3. The lowest BCUT2D eigenvalue weighted by Crippen LogP contribution is -2.32. The van der Waals surface area contributed by atoms with Crippen molar-refractivity contribution < 1.29 is 19.5 Å². The van der Waals surface area contributed by atoms with Gasteiger partial charge < -0.3 is 15.2 Å². The highest BCUT2D eigenvalue weighted by molar-refractivity contribution is 6.39. The minimum absolute atomic E-state index is 0.0251. The van der Waals surface area contributed by atoms with Gasteiger partial charge in [0.25, 0.3) is 0 Å². The molecule has 0 saturated heterocycles. The zero-order valence-corrected chi connectivity index (χ0v) is 12.9. The van der Waals surface area contributed by atoms with E-state index in [1.807, 2.05) is 0 Å². The number of nitrogens with zero attached hydrogens (tertiary/aromatic N) is 1. The van der Waals surface area contributed by atoms with Crippen molar-refractivity contribution in [2.75, 3.05) is 5.32 Å². The number of aromatic carboxylic acids is 1. The Morgan fingerprint density at radius 1 is 1.04 bits per heavy atom.